The van der Waals surface area contributed by atoms with Gasteiger partial charge in [-0.05, 0) is 49.7 Å². The fourth-order valence-corrected chi connectivity index (χ4v) is 3.85. The van der Waals surface area contributed by atoms with Crippen LogP contribution in [0.15, 0.2) is 24.3 Å². The maximum absolute atomic E-state index is 10.4. The maximum Gasteiger partial charge on any atom is 0.303 e. The second-order valence-electron chi connectivity index (χ2n) is 8.55. The van der Waals surface area contributed by atoms with Crippen LogP contribution in [0.2, 0.25) is 0 Å². The van der Waals surface area contributed by atoms with Crippen molar-refractivity contribution in [3.05, 3.63) is 35.4 Å². The molecule has 30 heavy (non-hydrogen) atoms. The lowest BCUT2D eigenvalue weighted by atomic mass is 10.0. The zero-order valence-corrected chi connectivity index (χ0v) is 18.7. The molecule has 0 spiro atoms. The molecular formula is C26H42O4. The molecule has 0 unspecified atom stereocenters. The van der Waals surface area contributed by atoms with E-state index in [9.17, 15) is 9.59 Å². The van der Waals surface area contributed by atoms with Crippen LogP contribution in [0.5, 0.6) is 0 Å². The van der Waals surface area contributed by atoms with Crippen molar-refractivity contribution >= 4 is 11.9 Å². The Morgan fingerprint density at radius 1 is 0.467 bits per heavy atom. The van der Waals surface area contributed by atoms with Gasteiger partial charge in [0.2, 0.25) is 0 Å². The largest absolute Gasteiger partial charge is 0.481 e. The van der Waals surface area contributed by atoms with Gasteiger partial charge in [0.15, 0.2) is 0 Å². The van der Waals surface area contributed by atoms with Crippen molar-refractivity contribution in [2.24, 2.45) is 0 Å². The van der Waals surface area contributed by atoms with E-state index in [4.69, 9.17) is 10.2 Å². The lowest BCUT2D eigenvalue weighted by molar-refractivity contribution is -0.138. The molecule has 0 aliphatic carbocycles. The van der Waals surface area contributed by atoms with E-state index >= 15 is 0 Å². The summed E-state index contributed by atoms with van der Waals surface area (Å²) in [5.41, 5.74) is 2.86. The first kappa shape index (κ1) is 26.2. The number of benzene rings is 1. The third-order valence-electron chi connectivity index (χ3n) is 5.74. The van der Waals surface area contributed by atoms with Crippen LogP contribution >= 0.6 is 0 Å². The highest BCUT2D eigenvalue weighted by Gasteiger charge is 2.00. The summed E-state index contributed by atoms with van der Waals surface area (Å²) in [7, 11) is 0. The summed E-state index contributed by atoms with van der Waals surface area (Å²) in [5, 5.41) is 17.2. The van der Waals surface area contributed by atoms with Crippen LogP contribution < -0.4 is 0 Å². The van der Waals surface area contributed by atoms with E-state index in [0.717, 1.165) is 51.4 Å². The molecule has 1 aromatic carbocycles. The van der Waals surface area contributed by atoms with Crippen molar-refractivity contribution in [3.8, 4) is 0 Å². The molecular weight excluding hydrogens is 376 g/mol. The lowest BCUT2D eigenvalue weighted by Gasteiger charge is -2.06. The summed E-state index contributed by atoms with van der Waals surface area (Å²) in [6.45, 7) is 0. The molecule has 0 atom stereocenters. The Labute approximate surface area is 183 Å². The number of unbranched alkanes of at least 4 members (excludes halogenated alkanes) is 12. The molecule has 0 aliphatic rings. The molecule has 2 N–H and O–H groups in total. The second kappa shape index (κ2) is 18.0. The van der Waals surface area contributed by atoms with E-state index in [-0.39, 0.29) is 0 Å². The van der Waals surface area contributed by atoms with Gasteiger partial charge in [-0.2, -0.15) is 0 Å². The molecule has 4 nitrogen and oxygen atoms in total. The smallest absolute Gasteiger partial charge is 0.303 e. The Kier molecular flexibility index (Phi) is 15.7. The number of carboxylic acids is 2. The standard InChI is InChI=1S/C26H42O4/c27-25(28)17-13-9-5-1-3-7-11-15-23-19-21-24(22-20-23)16-12-8-4-2-6-10-14-18-26(29)30/h19-22H,1-18H2,(H,27,28)(H,29,30). The van der Waals surface area contributed by atoms with Gasteiger partial charge in [-0.25, -0.2) is 0 Å². The minimum atomic E-state index is -0.678. The predicted molar refractivity (Wildman–Crippen MR) is 123 cm³/mol. The molecule has 0 aromatic heterocycles. The fraction of sp³-hybridized carbons (Fsp3) is 0.692. The second-order valence-corrected chi connectivity index (χ2v) is 8.55. The molecule has 0 saturated heterocycles. The molecule has 0 heterocycles. The van der Waals surface area contributed by atoms with Crippen molar-refractivity contribution in [1.29, 1.82) is 0 Å². The van der Waals surface area contributed by atoms with Gasteiger partial charge in [0.25, 0.3) is 0 Å². The average molecular weight is 419 g/mol. The van der Waals surface area contributed by atoms with Gasteiger partial charge in [0.1, 0.15) is 0 Å². The van der Waals surface area contributed by atoms with E-state index in [1.54, 1.807) is 0 Å². The minimum absolute atomic E-state index is 0.312. The summed E-state index contributed by atoms with van der Waals surface area (Å²) in [4.78, 5) is 20.9. The third-order valence-corrected chi connectivity index (χ3v) is 5.74. The van der Waals surface area contributed by atoms with Gasteiger partial charge < -0.3 is 10.2 Å². The van der Waals surface area contributed by atoms with Gasteiger partial charge in [-0.15, -0.1) is 0 Å². The highest BCUT2D eigenvalue weighted by molar-refractivity contribution is 5.66. The SMILES string of the molecule is O=C(O)CCCCCCCCCc1ccc(CCCCCCCCCC(=O)O)cc1. The monoisotopic (exact) mass is 418 g/mol. The highest BCUT2D eigenvalue weighted by Crippen LogP contribution is 2.15. The van der Waals surface area contributed by atoms with Crippen LogP contribution in [0.25, 0.3) is 0 Å². The Morgan fingerprint density at radius 3 is 1.03 bits per heavy atom. The van der Waals surface area contributed by atoms with Gasteiger partial charge in [-0.3, -0.25) is 9.59 Å². The maximum atomic E-state index is 10.4. The molecule has 0 aliphatic heterocycles. The van der Waals surface area contributed by atoms with Crippen LogP contribution in [-0.4, -0.2) is 22.2 Å². The Morgan fingerprint density at radius 2 is 0.733 bits per heavy atom. The molecule has 0 fully saturated rings. The molecule has 0 amide bonds. The summed E-state index contributed by atoms with van der Waals surface area (Å²) >= 11 is 0. The average Bonchev–Trinajstić information content (AvgIpc) is 2.72. The van der Waals surface area contributed by atoms with Gasteiger partial charge in [-0.1, -0.05) is 88.5 Å². The van der Waals surface area contributed by atoms with Gasteiger partial charge >= 0.3 is 11.9 Å². The van der Waals surface area contributed by atoms with E-state index in [2.05, 4.69) is 24.3 Å². The van der Waals surface area contributed by atoms with E-state index in [1.165, 1.54) is 62.5 Å². The minimum Gasteiger partial charge on any atom is -0.481 e. The zero-order chi connectivity index (χ0) is 21.9. The number of carboxylic acid groups (broad SMARTS) is 2. The van der Waals surface area contributed by atoms with Crippen molar-refractivity contribution in [1.82, 2.24) is 0 Å². The summed E-state index contributed by atoms with van der Waals surface area (Å²) < 4.78 is 0. The Balaban J connectivity index is 1.95. The summed E-state index contributed by atoms with van der Waals surface area (Å²) in [6, 6.07) is 9.13. The topological polar surface area (TPSA) is 74.6 Å². The van der Waals surface area contributed by atoms with Crippen LogP contribution in [0, 0.1) is 0 Å². The molecule has 170 valence electrons. The van der Waals surface area contributed by atoms with E-state index in [0.29, 0.717) is 12.8 Å². The highest BCUT2D eigenvalue weighted by atomic mass is 16.4. The molecule has 1 rings (SSSR count). The fourth-order valence-electron chi connectivity index (χ4n) is 3.85. The Hall–Kier alpha value is -1.84. The van der Waals surface area contributed by atoms with Gasteiger partial charge in [0, 0.05) is 12.8 Å². The van der Waals surface area contributed by atoms with Crippen molar-refractivity contribution < 1.29 is 19.8 Å². The molecule has 0 saturated carbocycles. The van der Waals surface area contributed by atoms with E-state index in [1.807, 2.05) is 0 Å². The first-order valence-electron chi connectivity index (χ1n) is 12.1. The predicted octanol–water partition coefficient (Wildman–Crippen LogP) is 7.18. The number of carbonyl (C=O) groups is 2. The van der Waals surface area contributed by atoms with Crippen LogP contribution in [0.3, 0.4) is 0 Å². The normalized spacial score (nSPS) is 10.9. The van der Waals surface area contributed by atoms with Crippen LogP contribution in [-0.2, 0) is 22.4 Å². The lowest BCUT2D eigenvalue weighted by Crippen LogP contribution is -1.93. The first-order valence-corrected chi connectivity index (χ1v) is 12.1. The molecule has 1 aromatic rings. The van der Waals surface area contributed by atoms with Crippen molar-refractivity contribution in [2.75, 3.05) is 0 Å². The Bertz CT molecular complexity index is 514. The number of aliphatic carboxylic acids is 2. The summed E-state index contributed by atoms with van der Waals surface area (Å²) in [5.74, 6) is -1.36. The molecule has 0 bridgehead atoms. The number of aryl methyl sites for hydroxylation is 2. The molecule has 0 radical (unpaired) electrons. The van der Waals surface area contributed by atoms with Crippen molar-refractivity contribution in [3.63, 3.8) is 0 Å². The van der Waals surface area contributed by atoms with Gasteiger partial charge in [0.05, 0.1) is 0 Å². The zero-order valence-electron chi connectivity index (χ0n) is 18.7. The summed E-state index contributed by atoms with van der Waals surface area (Å²) in [6.07, 6.45) is 18.9. The molecule has 4 heteroatoms. The van der Waals surface area contributed by atoms with Crippen molar-refractivity contribution in [2.45, 2.75) is 116 Å². The first-order chi connectivity index (χ1) is 14.6. The number of hydrogen-bond donors (Lipinski definition) is 2. The van der Waals surface area contributed by atoms with E-state index < -0.39 is 11.9 Å². The number of hydrogen-bond acceptors (Lipinski definition) is 2. The third kappa shape index (κ3) is 16.0. The number of rotatable bonds is 20. The van der Waals surface area contributed by atoms with Crippen LogP contribution in [0.4, 0.5) is 0 Å². The van der Waals surface area contributed by atoms with Crippen LogP contribution in [0.1, 0.15) is 114 Å². The quantitative estimate of drug-likeness (QED) is 0.220.